The second kappa shape index (κ2) is 9.30. The number of anilines is 2. The highest BCUT2D eigenvalue weighted by Crippen LogP contribution is 2.34. The van der Waals surface area contributed by atoms with Gasteiger partial charge < -0.3 is 10.1 Å². The number of ether oxygens (including phenoxy) is 1. The Bertz CT molecular complexity index is 1500. The van der Waals surface area contributed by atoms with E-state index in [-0.39, 0.29) is 33.7 Å². The van der Waals surface area contributed by atoms with E-state index < -0.39 is 16.9 Å². The molecule has 2 aromatic heterocycles. The maximum Gasteiger partial charge on any atom is 0.411 e. The van der Waals surface area contributed by atoms with Crippen LogP contribution < -0.4 is 10.6 Å². The van der Waals surface area contributed by atoms with Gasteiger partial charge in [0.05, 0.1) is 29.0 Å². The summed E-state index contributed by atoms with van der Waals surface area (Å²) in [6, 6.07) is 10.1. The molecular weight excluding hydrogens is 490 g/mol. The zero-order valence-electron chi connectivity index (χ0n) is 19.7. The molecular formula is C23H22ClN7O5. The van der Waals surface area contributed by atoms with Crippen molar-refractivity contribution in [2.75, 3.05) is 17.7 Å². The van der Waals surface area contributed by atoms with Crippen LogP contribution in [0.15, 0.2) is 42.5 Å². The van der Waals surface area contributed by atoms with Crippen LogP contribution in [-0.2, 0) is 10.2 Å². The summed E-state index contributed by atoms with van der Waals surface area (Å²) in [4.78, 5) is 39.8. The number of halogens is 1. The molecule has 0 saturated heterocycles. The Morgan fingerprint density at radius 3 is 2.56 bits per heavy atom. The number of nitrogens with one attached hydrogen (secondary N) is 3. The van der Waals surface area contributed by atoms with Crippen molar-refractivity contribution in [2.24, 2.45) is 0 Å². The Kier molecular flexibility index (Phi) is 6.37. The molecule has 0 radical (unpaired) electrons. The minimum absolute atomic E-state index is 0.128. The van der Waals surface area contributed by atoms with E-state index >= 15 is 0 Å². The van der Waals surface area contributed by atoms with E-state index in [1.807, 2.05) is 20.8 Å². The van der Waals surface area contributed by atoms with Crippen LogP contribution in [0, 0.1) is 10.1 Å². The number of aromatic amines is 1. The van der Waals surface area contributed by atoms with E-state index in [4.69, 9.17) is 11.6 Å². The van der Waals surface area contributed by atoms with E-state index in [1.54, 1.807) is 18.2 Å². The lowest BCUT2D eigenvalue weighted by molar-refractivity contribution is -0.384. The van der Waals surface area contributed by atoms with Crippen LogP contribution >= 0.6 is 11.6 Å². The number of hydrogen-bond acceptors (Lipinski definition) is 7. The van der Waals surface area contributed by atoms with Crippen molar-refractivity contribution < 1.29 is 19.2 Å². The van der Waals surface area contributed by atoms with Gasteiger partial charge in [-0.3, -0.25) is 25.3 Å². The second-order valence-corrected chi connectivity index (χ2v) is 9.24. The Morgan fingerprint density at radius 2 is 1.92 bits per heavy atom. The summed E-state index contributed by atoms with van der Waals surface area (Å²) in [6.07, 6.45) is -0.681. The third-order valence-electron chi connectivity index (χ3n) is 5.25. The first-order chi connectivity index (χ1) is 17.0. The molecule has 4 rings (SSSR count). The molecule has 0 aliphatic rings. The first-order valence-corrected chi connectivity index (χ1v) is 11.1. The second-order valence-electron chi connectivity index (χ2n) is 8.86. The highest BCUT2D eigenvalue weighted by Gasteiger charge is 2.26. The average Bonchev–Trinajstić information content (AvgIpc) is 3.38. The number of hydrogen-bond donors (Lipinski definition) is 3. The van der Waals surface area contributed by atoms with Crippen molar-refractivity contribution in [3.8, 4) is 11.4 Å². The number of nitro benzene ring substituents is 1. The quantitative estimate of drug-likeness (QED) is 0.251. The molecule has 2 aromatic carbocycles. The molecule has 0 aliphatic carbocycles. The molecule has 2 heterocycles. The number of benzene rings is 2. The highest BCUT2D eigenvalue weighted by molar-refractivity contribution is 6.34. The zero-order chi connectivity index (χ0) is 26.2. The van der Waals surface area contributed by atoms with Crippen molar-refractivity contribution in [1.29, 1.82) is 0 Å². The SMILES string of the molecule is COC(=O)Nc1cccc(C(=O)Nc2ccc([N+](=O)[O-])cc2-c2nc3c(Cl)c(C(C)(C)C)[nH]n3n2)c1. The summed E-state index contributed by atoms with van der Waals surface area (Å²) in [6.45, 7) is 5.94. The van der Waals surface area contributed by atoms with Crippen LogP contribution in [0.2, 0.25) is 5.02 Å². The predicted octanol–water partition coefficient (Wildman–Crippen LogP) is 5.01. The van der Waals surface area contributed by atoms with Gasteiger partial charge in [-0.15, -0.1) is 5.10 Å². The minimum atomic E-state index is -0.681. The van der Waals surface area contributed by atoms with Gasteiger partial charge in [0.1, 0.15) is 5.02 Å². The number of H-pyrrole nitrogens is 1. The lowest BCUT2D eigenvalue weighted by atomic mass is 9.92. The fourth-order valence-corrected chi connectivity index (χ4v) is 3.90. The first kappa shape index (κ1) is 24.7. The van der Waals surface area contributed by atoms with E-state index in [0.717, 1.165) is 5.69 Å². The molecule has 3 N–H and O–H groups in total. The first-order valence-electron chi connectivity index (χ1n) is 10.7. The van der Waals surface area contributed by atoms with Gasteiger partial charge in [0.25, 0.3) is 11.6 Å². The van der Waals surface area contributed by atoms with Gasteiger partial charge in [0, 0.05) is 28.8 Å². The smallest absolute Gasteiger partial charge is 0.411 e. The minimum Gasteiger partial charge on any atom is -0.453 e. The largest absolute Gasteiger partial charge is 0.453 e. The third kappa shape index (κ3) is 4.84. The lowest BCUT2D eigenvalue weighted by Crippen LogP contribution is -2.15. The molecule has 4 aromatic rings. The molecule has 0 spiro atoms. The summed E-state index contributed by atoms with van der Waals surface area (Å²) in [5.74, 6) is -0.389. The van der Waals surface area contributed by atoms with Crippen molar-refractivity contribution in [3.63, 3.8) is 0 Å². The van der Waals surface area contributed by atoms with Crippen LogP contribution in [0.5, 0.6) is 0 Å². The predicted molar refractivity (Wildman–Crippen MR) is 134 cm³/mol. The third-order valence-corrected chi connectivity index (χ3v) is 5.61. The van der Waals surface area contributed by atoms with Crippen LogP contribution in [0.25, 0.3) is 17.0 Å². The molecule has 0 atom stereocenters. The molecule has 2 amide bonds. The fourth-order valence-electron chi connectivity index (χ4n) is 3.45. The number of carbonyl (C=O) groups excluding carboxylic acids is 2. The number of methoxy groups -OCH3 is 1. The number of carbonyl (C=O) groups is 2. The molecule has 0 saturated carbocycles. The lowest BCUT2D eigenvalue weighted by Gasteiger charge is -2.16. The van der Waals surface area contributed by atoms with Gasteiger partial charge in [-0.25, -0.2) is 9.78 Å². The number of amides is 2. The normalized spacial score (nSPS) is 11.4. The van der Waals surface area contributed by atoms with E-state index in [2.05, 4.69) is 30.6 Å². The number of fused-ring (bicyclic) bond motifs is 1. The van der Waals surface area contributed by atoms with Crippen molar-refractivity contribution in [1.82, 2.24) is 19.8 Å². The van der Waals surface area contributed by atoms with Gasteiger partial charge in [-0.2, -0.15) is 4.63 Å². The van der Waals surface area contributed by atoms with Crippen LogP contribution in [-0.4, -0.2) is 43.8 Å². The Hall–Kier alpha value is -4.45. The summed E-state index contributed by atoms with van der Waals surface area (Å²) in [5, 5.41) is 24.5. The van der Waals surface area contributed by atoms with Crippen molar-refractivity contribution in [2.45, 2.75) is 26.2 Å². The van der Waals surface area contributed by atoms with Gasteiger partial charge in [0.2, 0.25) is 0 Å². The number of non-ortho nitro benzene ring substituents is 1. The monoisotopic (exact) mass is 511 g/mol. The topological polar surface area (TPSA) is 157 Å². The Labute approximate surface area is 209 Å². The maximum absolute atomic E-state index is 13.0. The number of aromatic nitrogens is 4. The Morgan fingerprint density at radius 1 is 1.17 bits per heavy atom. The van der Waals surface area contributed by atoms with Gasteiger partial charge in [-0.05, 0) is 24.3 Å². The number of nitro groups is 1. The molecule has 36 heavy (non-hydrogen) atoms. The summed E-state index contributed by atoms with van der Waals surface area (Å²) in [5.41, 5.74) is 1.66. The van der Waals surface area contributed by atoms with Gasteiger partial charge in [-0.1, -0.05) is 38.4 Å². The summed E-state index contributed by atoms with van der Waals surface area (Å²) >= 11 is 6.52. The summed E-state index contributed by atoms with van der Waals surface area (Å²) < 4.78 is 5.96. The van der Waals surface area contributed by atoms with Crippen LogP contribution in [0.3, 0.4) is 0 Å². The molecule has 13 heteroatoms. The van der Waals surface area contributed by atoms with Crippen molar-refractivity contribution in [3.05, 3.63) is 68.9 Å². The Balaban J connectivity index is 1.72. The maximum atomic E-state index is 13.0. The molecule has 0 aliphatic heterocycles. The van der Waals surface area contributed by atoms with Crippen LogP contribution in [0.4, 0.5) is 21.9 Å². The van der Waals surface area contributed by atoms with Gasteiger partial charge in [0.15, 0.2) is 11.5 Å². The highest BCUT2D eigenvalue weighted by atomic mass is 35.5. The molecule has 186 valence electrons. The fraction of sp³-hybridized carbons (Fsp3) is 0.217. The van der Waals surface area contributed by atoms with E-state index in [1.165, 1.54) is 36.0 Å². The van der Waals surface area contributed by atoms with E-state index in [9.17, 15) is 19.7 Å². The van der Waals surface area contributed by atoms with Gasteiger partial charge >= 0.3 is 6.09 Å². The van der Waals surface area contributed by atoms with E-state index in [0.29, 0.717) is 16.4 Å². The summed E-state index contributed by atoms with van der Waals surface area (Å²) in [7, 11) is 1.23. The zero-order valence-corrected chi connectivity index (χ0v) is 20.5. The molecule has 0 bridgehead atoms. The standard InChI is InChI=1S/C23H22ClN7O5/c1-23(2,3)18-17(24)20-27-19(29-30(20)28-18)15-11-14(31(34)35)8-9-16(15)26-21(32)12-6-5-7-13(10-12)25-22(33)36-4/h5-11,28H,1-4H3,(H,25,33)(H,26,32). The molecule has 12 nitrogen and oxygen atoms in total. The molecule has 0 unspecified atom stereocenters. The number of rotatable bonds is 5. The number of nitrogens with zero attached hydrogens (tertiary/aromatic N) is 4. The average molecular weight is 512 g/mol. The van der Waals surface area contributed by atoms with Crippen molar-refractivity contribution >= 4 is 46.3 Å². The molecule has 0 fully saturated rings. The van der Waals surface area contributed by atoms with Crippen LogP contribution in [0.1, 0.15) is 36.8 Å².